The van der Waals surface area contributed by atoms with Gasteiger partial charge in [-0.25, -0.2) is 4.79 Å². The van der Waals surface area contributed by atoms with E-state index in [4.69, 9.17) is 15.6 Å². The zero-order chi connectivity index (χ0) is 12.7. The molecule has 0 fully saturated rings. The van der Waals surface area contributed by atoms with Gasteiger partial charge in [-0.05, 0) is 12.1 Å². The molecular weight excluding hydrogens is 228 g/mol. The van der Waals surface area contributed by atoms with Gasteiger partial charge in [0.05, 0.1) is 6.61 Å². The molecule has 0 bridgehead atoms. The molecule has 1 amide bonds. The zero-order valence-corrected chi connectivity index (χ0v) is 8.92. The summed E-state index contributed by atoms with van der Waals surface area (Å²) in [6, 6.07) is 2.99. The Kier molecular flexibility index (Phi) is 4.82. The van der Waals surface area contributed by atoms with Crippen molar-refractivity contribution in [1.82, 2.24) is 10.2 Å². The van der Waals surface area contributed by atoms with Crippen LogP contribution in [0.2, 0.25) is 0 Å². The van der Waals surface area contributed by atoms with E-state index in [0.717, 1.165) is 0 Å². The van der Waals surface area contributed by atoms with Gasteiger partial charge in [0.1, 0.15) is 12.4 Å². The van der Waals surface area contributed by atoms with Gasteiger partial charge in [0, 0.05) is 6.54 Å². The molecular formula is C9H12N4O4. The Labute approximate surface area is 96.8 Å². The topological polar surface area (TPSA) is 127 Å². The zero-order valence-electron chi connectivity index (χ0n) is 8.92. The van der Waals surface area contributed by atoms with Crippen LogP contribution in [0.3, 0.4) is 0 Å². The van der Waals surface area contributed by atoms with Crippen LogP contribution in [-0.4, -0.2) is 46.9 Å². The van der Waals surface area contributed by atoms with E-state index in [1.165, 1.54) is 6.07 Å². The van der Waals surface area contributed by atoms with E-state index in [2.05, 4.69) is 15.5 Å². The predicted molar refractivity (Wildman–Crippen MR) is 57.5 cm³/mol. The number of primary amides is 1. The number of aliphatic carboxylic acids is 1. The molecule has 0 spiro atoms. The number of hydrogen-bond donors (Lipinski definition) is 3. The van der Waals surface area contributed by atoms with Crippen LogP contribution in [0.25, 0.3) is 0 Å². The lowest BCUT2D eigenvalue weighted by Gasteiger charge is -2.04. The average Bonchev–Trinajstić information content (AvgIpc) is 2.29. The molecule has 0 saturated heterocycles. The molecule has 0 unspecified atom stereocenters. The molecule has 1 rings (SSSR count). The van der Waals surface area contributed by atoms with Crippen molar-refractivity contribution in [3.05, 3.63) is 17.8 Å². The highest BCUT2D eigenvalue weighted by Crippen LogP contribution is 2.00. The van der Waals surface area contributed by atoms with E-state index < -0.39 is 11.9 Å². The Morgan fingerprint density at radius 3 is 2.71 bits per heavy atom. The Bertz CT molecular complexity index is 392. The number of rotatable bonds is 7. The number of anilines is 1. The number of aromatic nitrogens is 2. The van der Waals surface area contributed by atoms with Crippen molar-refractivity contribution >= 4 is 17.7 Å². The molecule has 1 aromatic rings. The molecule has 0 aliphatic rings. The Morgan fingerprint density at radius 1 is 1.41 bits per heavy atom. The van der Waals surface area contributed by atoms with Gasteiger partial charge in [0.25, 0.3) is 5.91 Å². The minimum atomic E-state index is -1.02. The Hall–Kier alpha value is -2.22. The van der Waals surface area contributed by atoms with Crippen LogP contribution in [0.5, 0.6) is 0 Å². The van der Waals surface area contributed by atoms with Crippen LogP contribution in [-0.2, 0) is 9.53 Å². The molecule has 0 aliphatic heterocycles. The monoisotopic (exact) mass is 240 g/mol. The molecule has 0 aliphatic carbocycles. The maximum atomic E-state index is 10.7. The summed E-state index contributed by atoms with van der Waals surface area (Å²) in [7, 11) is 0. The van der Waals surface area contributed by atoms with Crippen molar-refractivity contribution in [1.29, 1.82) is 0 Å². The first-order valence-electron chi connectivity index (χ1n) is 4.76. The maximum Gasteiger partial charge on any atom is 0.329 e. The van der Waals surface area contributed by atoms with Crippen LogP contribution < -0.4 is 11.1 Å². The van der Waals surface area contributed by atoms with Gasteiger partial charge < -0.3 is 20.9 Å². The van der Waals surface area contributed by atoms with Gasteiger partial charge in [-0.15, -0.1) is 10.2 Å². The van der Waals surface area contributed by atoms with Gasteiger partial charge in [-0.3, -0.25) is 4.79 Å². The van der Waals surface area contributed by atoms with Crippen molar-refractivity contribution in [2.24, 2.45) is 5.73 Å². The number of nitrogens with zero attached hydrogens (tertiary/aromatic N) is 2. The number of nitrogens with one attached hydrogen (secondary N) is 1. The summed E-state index contributed by atoms with van der Waals surface area (Å²) in [4.78, 5) is 20.8. The second-order valence-electron chi connectivity index (χ2n) is 3.04. The third-order valence-corrected chi connectivity index (χ3v) is 1.70. The second kappa shape index (κ2) is 6.38. The summed E-state index contributed by atoms with van der Waals surface area (Å²) in [5, 5.41) is 18.4. The van der Waals surface area contributed by atoms with Crippen molar-refractivity contribution in [3.8, 4) is 0 Å². The number of amides is 1. The summed E-state index contributed by atoms with van der Waals surface area (Å²) in [5.74, 6) is -1.21. The fourth-order valence-corrected chi connectivity index (χ4v) is 0.969. The van der Waals surface area contributed by atoms with E-state index >= 15 is 0 Å². The summed E-state index contributed by atoms with van der Waals surface area (Å²) in [6.07, 6.45) is 0. The standard InChI is InChI=1S/C9H12N4O4/c10-9(16)6-1-2-7(13-12-6)11-3-4-17-5-8(14)15/h1-2H,3-5H2,(H2,10,16)(H,11,13)(H,14,15). The van der Waals surface area contributed by atoms with E-state index in [0.29, 0.717) is 12.4 Å². The molecule has 0 saturated carbocycles. The van der Waals surface area contributed by atoms with Crippen molar-refractivity contribution in [2.75, 3.05) is 25.1 Å². The van der Waals surface area contributed by atoms with Crippen molar-refractivity contribution in [3.63, 3.8) is 0 Å². The quantitative estimate of drug-likeness (QED) is 0.526. The first-order valence-corrected chi connectivity index (χ1v) is 4.76. The highest BCUT2D eigenvalue weighted by atomic mass is 16.5. The molecule has 4 N–H and O–H groups in total. The highest BCUT2D eigenvalue weighted by Gasteiger charge is 2.02. The molecule has 92 valence electrons. The average molecular weight is 240 g/mol. The van der Waals surface area contributed by atoms with Gasteiger partial charge in [-0.1, -0.05) is 0 Å². The van der Waals surface area contributed by atoms with Gasteiger partial charge >= 0.3 is 5.97 Å². The number of ether oxygens (including phenoxy) is 1. The van der Waals surface area contributed by atoms with Gasteiger partial charge in [0.2, 0.25) is 0 Å². The lowest BCUT2D eigenvalue weighted by atomic mass is 10.4. The normalized spacial score (nSPS) is 9.88. The molecule has 8 nitrogen and oxygen atoms in total. The van der Waals surface area contributed by atoms with Crippen LogP contribution in [0, 0.1) is 0 Å². The third kappa shape index (κ3) is 4.89. The molecule has 0 radical (unpaired) electrons. The lowest BCUT2D eigenvalue weighted by Crippen LogP contribution is -2.16. The first kappa shape index (κ1) is 12.8. The highest BCUT2D eigenvalue weighted by molar-refractivity contribution is 5.90. The molecule has 8 heteroatoms. The first-order chi connectivity index (χ1) is 8.09. The third-order valence-electron chi connectivity index (χ3n) is 1.70. The maximum absolute atomic E-state index is 10.7. The summed E-state index contributed by atoms with van der Waals surface area (Å²) in [6.45, 7) is 0.275. The van der Waals surface area contributed by atoms with E-state index in [1.54, 1.807) is 6.07 Å². The Balaban J connectivity index is 2.27. The van der Waals surface area contributed by atoms with Crippen LogP contribution in [0.1, 0.15) is 10.5 Å². The van der Waals surface area contributed by atoms with Crippen molar-refractivity contribution < 1.29 is 19.4 Å². The largest absolute Gasteiger partial charge is 0.480 e. The molecule has 1 heterocycles. The SMILES string of the molecule is NC(=O)c1ccc(NCCOCC(=O)O)nn1. The second-order valence-corrected chi connectivity index (χ2v) is 3.04. The summed E-state index contributed by atoms with van der Waals surface area (Å²) >= 11 is 0. The van der Waals surface area contributed by atoms with Crippen LogP contribution in [0.4, 0.5) is 5.82 Å². The smallest absolute Gasteiger partial charge is 0.329 e. The van der Waals surface area contributed by atoms with E-state index in [9.17, 15) is 9.59 Å². The fourth-order valence-electron chi connectivity index (χ4n) is 0.969. The lowest BCUT2D eigenvalue weighted by molar-refractivity contribution is -0.142. The summed E-state index contributed by atoms with van der Waals surface area (Å²) in [5.41, 5.74) is 5.08. The number of carbonyl (C=O) groups excluding carboxylic acids is 1. The molecule has 1 aromatic heterocycles. The van der Waals surface area contributed by atoms with Gasteiger partial charge in [0.15, 0.2) is 5.69 Å². The Morgan fingerprint density at radius 2 is 2.18 bits per heavy atom. The summed E-state index contributed by atoms with van der Waals surface area (Å²) < 4.78 is 4.79. The molecule has 0 aromatic carbocycles. The predicted octanol–water partition coefficient (Wildman–Crippen LogP) is -0.911. The number of nitrogens with two attached hydrogens (primary N) is 1. The van der Waals surface area contributed by atoms with Crippen molar-refractivity contribution in [2.45, 2.75) is 0 Å². The van der Waals surface area contributed by atoms with E-state index in [1.807, 2.05) is 0 Å². The fraction of sp³-hybridized carbons (Fsp3) is 0.333. The molecule has 0 atom stereocenters. The minimum absolute atomic E-state index is 0.0812. The number of carbonyl (C=O) groups is 2. The number of hydrogen-bond acceptors (Lipinski definition) is 6. The minimum Gasteiger partial charge on any atom is -0.480 e. The van der Waals surface area contributed by atoms with Gasteiger partial charge in [-0.2, -0.15) is 0 Å². The van der Waals surface area contributed by atoms with Crippen LogP contribution in [0.15, 0.2) is 12.1 Å². The molecule has 17 heavy (non-hydrogen) atoms. The number of carboxylic acid groups (broad SMARTS) is 1. The number of carboxylic acids is 1. The van der Waals surface area contributed by atoms with E-state index in [-0.39, 0.29) is 18.9 Å². The van der Waals surface area contributed by atoms with Crippen LogP contribution >= 0.6 is 0 Å².